The van der Waals surface area contributed by atoms with Gasteiger partial charge in [-0.3, -0.25) is 0 Å². The Morgan fingerprint density at radius 1 is 1.47 bits per heavy atom. The van der Waals surface area contributed by atoms with Crippen LogP contribution in [0.2, 0.25) is 5.02 Å². The van der Waals surface area contributed by atoms with Crippen molar-refractivity contribution in [3.05, 3.63) is 28.8 Å². The molecule has 17 heavy (non-hydrogen) atoms. The topological polar surface area (TPSA) is 21.3 Å². The molecule has 0 spiro atoms. The maximum Gasteiger partial charge on any atom is 0.137 e. The quantitative estimate of drug-likeness (QED) is 0.768. The Kier molecular flexibility index (Phi) is 6.78. The second-order valence-corrected chi connectivity index (χ2v) is 5.66. The normalized spacial score (nSPS) is 12.5. The highest BCUT2D eigenvalue weighted by Gasteiger charge is 2.02. The lowest BCUT2D eigenvalue weighted by Crippen LogP contribution is -2.17. The number of nitrogens with one attached hydrogen (secondary N) is 1. The highest BCUT2D eigenvalue weighted by molar-refractivity contribution is 7.99. The Morgan fingerprint density at radius 3 is 2.82 bits per heavy atom. The molecule has 0 aliphatic heterocycles. The van der Waals surface area contributed by atoms with Gasteiger partial charge in [-0.25, -0.2) is 0 Å². The zero-order valence-corrected chi connectivity index (χ0v) is 12.2. The van der Waals surface area contributed by atoms with Gasteiger partial charge in [-0.2, -0.15) is 11.8 Å². The molecule has 2 nitrogen and oxygen atoms in total. The Bertz CT molecular complexity index is 346. The predicted octanol–water partition coefficient (Wildman–Crippen LogP) is 3.58. The fraction of sp³-hybridized carbons (Fsp3) is 0.538. The molecule has 1 N–H and O–H groups in total. The Labute approximate surface area is 113 Å². The van der Waals surface area contributed by atoms with E-state index in [4.69, 9.17) is 16.3 Å². The van der Waals surface area contributed by atoms with Crippen LogP contribution in [0.15, 0.2) is 18.2 Å². The molecule has 1 rings (SSSR count). The highest BCUT2D eigenvalue weighted by atomic mass is 35.5. The third-order valence-corrected chi connectivity index (χ3v) is 4.01. The van der Waals surface area contributed by atoms with E-state index in [-0.39, 0.29) is 0 Å². The lowest BCUT2D eigenvalue weighted by atomic mass is 10.2. The molecule has 0 bridgehead atoms. The van der Waals surface area contributed by atoms with Gasteiger partial charge in [0.05, 0.1) is 12.1 Å². The van der Waals surface area contributed by atoms with Crippen molar-refractivity contribution >= 4 is 23.4 Å². The smallest absolute Gasteiger partial charge is 0.137 e. The van der Waals surface area contributed by atoms with E-state index in [0.717, 1.165) is 18.8 Å². The average Bonchev–Trinajstić information content (AvgIpc) is 2.34. The zero-order chi connectivity index (χ0) is 12.7. The number of rotatable bonds is 7. The van der Waals surface area contributed by atoms with Crippen molar-refractivity contribution < 1.29 is 4.74 Å². The average molecular weight is 274 g/mol. The third-order valence-electron chi connectivity index (χ3n) is 2.68. The molecule has 0 saturated carbocycles. The summed E-state index contributed by atoms with van der Waals surface area (Å²) in [5.41, 5.74) is 1.19. The molecular weight excluding hydrogens is 254 g/mol. The first-order valence-electron chi connectivity index (χ1n) is 5.73. The van der Waals surface area contributed by atoms with E-state index >= 15 is 0 Å². The lowest BCUT2D eigenvalue weighted by molar-refractivity contribution is 0.415. The van der Waals surface area contributed by atoms with Crippen molar-refractivity contribution in [1.29, 1.82) is 0 Å². The summed E-state index contributed by atoms with van der Waals surface area (Å²) in [6.07, 6.45) is 3.33. The maximum atomic E-state index is 6.06. The van der Waals surface area contributed by atoms with Crippen molar-refractivity contribution in [1.82, 2.24) is 5.32 Å². The third kappa shape index (κ3) is 5.19. The highest BCUT2D eigenvalue weighted by Crippen LogP contribution is 2.24. The van der Waals surface area contributed by atoms with Crippen molar-refractivity contribution in [3.8, 4) is 5.75 Å². The van der Waals surface area contributed by atoms with Gasteiger partial charge in [0.1, 0.15) is 5.75 Å². The molecule has 0 aliphatic rings. The zero-order valence-electron chi connectivity index (χ0n) is 10.6. The molecule has 1 unspecified atom stereocenters. The van der Waals surface area contributed by atoms with Gasteiger partial charge in [0, 0.05) is 11.8 Å². The largest absolute Gasteiger partial charge is 0.495 e. The minimum absolute atomic E-state index is 0.671. The Balaban J connectivity index is 2.34. The molecule has 0 saturated heterocycles. The van der Waals surface area contributed by atoms with E-state index in [1.54, 1.807) is 7.11 Å². The van der Waals surface area contributed by atoms with Crippen LogP contribution in [0.5, 0.6) is 5.75 Å². The fourth-order valence-electron chi connectivity index (χ4n) is 1.48. The van der Waals surface area contributed by atoms with Crippen LogP contribution in [0.3, 0.4) is 0 Å². The van der Waals surface area contributed by atoms with Crippen molar-refractivity contribution in [2.75, 3.05) is 19.9 Å². The minimum atomic E-state index is 0.671. The van der Waals surface area contributed by atoms with Gasteiger partial charge >= 0.3 is 0 Å². The molecule has 4 heteroatoms. The minimum Gasteiger partial charge on any atom is -0.495 e. The molecule has 96 valence electrons. The summed E-state index contributed by atoms with van der Waals surface area (Å²) in [4.78, 5) is 0. The Hall–Kier alpha value is -0.380. The maximum absolute atomic E-state index is 6.06. The molecule has 1 aromatic rings. The van der Waals surface area contributed by atoms with Crippen LogP contribution in [0, 0.1) is 0 Å². The molecular formula is C13H20ClNOS. The summed E-state index contributed by atoms with van der Waals surface area (Å²) < 4.78 is 5.12. The van der Waals surface area contributed by atoms with Crippen molar-refractivity contribution in [3.63, 3.8) is 0 Å². The number of benzene rings is 1. The predicted molar refractivity (Wildman–Crippen MR) is 77.3 cm³/mol. The molecule has 0 heterocycles. The van der Waals surface area contributed by atoms with Crippen LogP contribution < -0.4 is 10.1 Å². The van der Waals surface area contributed by atoms with E-state index in [1.807, 2.05) is 30.0 Å². The second kappa shape index (κ2) is 7.85. The SMILES string of the molecule is COc1ccc(CNCCC(C)SC)cc1Cl. The molecule has 0 aliphatic carbocycles. The van der Waals surface area contributed by atoms with Crippen LogP contribution in [0.25, 0.3) is 0 Å². The van der Waals surface area contributed by atoms with E-state index in [2.05, 4.69) is 18.5 Å². The summed E-state index contributed by atoms with van der Waals surface area (Å²) in [6, 6.07) is 5.89. The number of thioether (sulfide) groups is 1. The number of ether oxygens (including phenoxy) is 1. The first-order chi connectivity index (χ1) is 8.17. The fourth-order valence-corrected chi connectivity index (χ4v) is 2.11. The van der Waals surface area contributed by atoms with E-state index in [1.165, 1.54) is 12.0 Å². The van der Waals surface area contributed by atoms with Crippen LogP contribution in [0.1, 0.15) is 18.9 Å². The molecule has 0 radical (unpaired) electrons. The molecule has 1 aromatic carbocycles. The van der Waals surface area contributed by atoms with Crippen molar-refractivity contribution in [2.24, 2.45) is 0 Å². The molecule has 0 amide bonds. The van der Waals surface area contributed by atoms with Gasteiger partial charge < -0.3 is 10.1 Å². The van der Waals surface area contributed by atoms with E-state index in [9.17, 15) is 0 Å². The van der Waals surface area contributed by atoms with Crippen LogP contribution in [-0.2, 0) is 6.54 Å². The number of methoxy groups -OCH3 is 1. The summed E-state index contributed by atoms with van der Waals surface area (Å²) in [5.74, 6) is 0.728. The molecule has 0 fully saturated rings. The summed E-state index contributed by atoms with van der Waals surface area (Å²) in [7, 11) is 1.63. The van der Waals surface area contributed by atoms with E-state index in [0.29, 0.717) is 10.3 Å². The lowest BCUT2D eigenvalue weighted by Gasteiger charge is -2.10. The Morgan fingerprint density at radius 2 is 2.24 bits per heavy atom. The van der Waals surface area contributed by atoms with Gasteiger partial charge in [-0.15, -0.1) is 0 Å². The van der Waals surface area contributed by atoms with E-state index < -0.39 is 0 Å². The van der Waals surface area contributed by atoms with Gasteiger partial charge in [0.15, 0.2) is 0 Å². The number of halogens is 1. The molecule has 1 atom stereocenters. The van der Waals surface area contributed by atoms with Crippen LogP contribution in [-0.4, -0.2) is 25.2 Å². The van der Waals surface area contributed by atoms with Gasteiger partial charge in [0.2, 0.25) is 0 Å². The first kappa shape index (κ1) is 14.7. The summed E-state index contributed by atoms with van der Waals surface area (Å²) in [6.45, 7) is 4.13. The summed E-state index contributed by atoms with van der Waals surface area (Å²) >= 11 is 7.96. The second-order valence-electron chi connectivity index (χ2n) is 3.98. The van der Waals surface area contributed by atoms with Crippen LogP contribution >= 0.6 is 23.4 Å². The first-order valence-corrected chi connectivity index (χ1v) is 7.40. The van der Waals surface area contributed by atoms with Gasteiger partial charge in [-0.05, 0) is 36.9 Å². The standard InChI is InChI=1S/C13H20ClNOS/c1-10(17-3)6-7-15-9-11-4-5-13(16-2)12(14)8-11/h4-5,8,10,15H,6-7,9H2,1-3H3. The van der Waals surface area contributed by atoms with Gasteiger partial charge in [0.25, 0.3) is 0 Å². The monoisotopic (exact) mass is 273 g/mol. The van der Waals surface area contributed by atoms with Gasteiger partial charge in [-0.1, -0.05) is 24.6 Å². The van der Waals surface area contributed by atoms with Crippen LogP contribution in [0.4, 0.5) is 0 Å². The van der Waals surface area contributed by atoms with Crippen molar-refractivity contribution in [2.45, 2.75) is 25.1 Å². The molecule has 0 aromatic heterocycles. The number of hydrogen-bond acceptors (Lipinski definition) is 3. The number of hydrogen-bond donors (Lipinski definition) is 1. The summed E-state index contributed by atoms with van der Waals surface area (Å²) in [5, 5.41) is 4.80.